The molecule has 1 aromatic rings. The highest BCUT2D eigenvalue weighted by Crippen LogP contribution is 2.26. The minimum Gasteiger partial charge on any atom is -0.353 e. The number of halogens is 1. The molecule has 1 aromatic heterocycles. The molecular formula is C12H16ClN3O2S. The molecule has 2 amide bonds. The maximum absolute atomic E-state index is 11.9. The van der Waals surface area contributed by atoms with Crippen molar-refractivity contribution < 1.29 is 9.59 Å². The molecule has 1 saturated heterocycles. The summed E-state index contributed by atoms with van der Waals surface area (Å²) in [5.41, 5.74) is 0. The second kappa shape index (κ2) is 6.36. The molecule has 1 aliphatic rings. The van der Waals surface area contributed by atoms with Crippen LogP contribution in [-0.4, -0.2) is 42.9 Å². The molecule has 1 aliphatic heterocycles. The predicted octanol–water partition coefficient (Wildman–Crippen LogP) is 1.01. The number of nitrogens with one attached hydrogen (secondary N) is 2. The van der Waals surface area contributed by atoms with Crippen LogP contribution in [0.4, 0.5) is 0 Å². The van der Waals surface area contributed by atoms with Gasteiger partial charge >= 0.3 is 0 Å². The van der Waals surface area contributed by atoms with Crippen molar-refractivity contribution in [2.24, 2.45) is 0 Å². The smallest absolute Gasteiger partial charge is 0.239 e. The van der Waals surface area contributed by atoms with Gasteiger partial charge in [-0.3, -0.25) is 9.59 Å². The summed E-state index contributed by atoms with van der Waals surface area (Å²) < 4.78 is 0.739. The monoisotopic (exact) mass is 301 g/mol. The maximum Gasteiger partial charge on any atom is 0.239 e. The van der Waals surface area contributed by atoms with Crippen LogP contribution in [0.5, 0.6) is 0 Å². The van der Waals surface area contributed by atoms with Gasteiger partial charge in [-0.2, -0.15) is 0 Å². The minimum atomic E-state index is -0.0994. The zero-order valence-electron chi connectivity index (χ0n) is 10.6. The molecule has 19 heavy (non-hydrogen) atoms. The SMILES string of the molecule is C[C@H](NCC(=O)N1CCNC(=O)C1)c1ccc(Cl)s1. The maximum atomic E-state index is 11.9. The lowest BCUT2D eigenvalue weighted by Gasteiger charge is -2.27. The lowest BCUT2D eigenvalue weighted by molar-refractivity contribution is -0.137. The highest BCUT2D eigenvalue weighted by Gasteiger charge is 2.21. The number of hydrogen-bond acceptors (Lipinski definition) is 4. The van der Waals surface area contributed by atoms with Crippen LogP contribution in [0.15, 0.2) is 12.1 Å². The van der Waals surface area contributed by atoms with Gasteiger partial charge < -0.3 is 15.5 Å². The summed E-state index contributed by atoms with van der Waals surface area (Å²) in [5.74, 6) is -0.151. The Morgan fingerprint density at radius 1 is 1.63 bits per heavy atom. The molecule has 7 heteroatoms. The number of rotatable bonds is 4. The third-order valence-electron chi connectivity index (χ3n) is 2.97. The van der Waals surface area contributed by atoms with Crippen LogP contribution < -0.4 is 10.6 Å². The number of piperazine rings is 1. The van der Waals surface area contributed by atoms with Crippen molar-refractivity contribution in [3.8, 4) is 0 Å². The summed E-state index contributed by atoms with van der Waals surface area (Å²) in [6.45, 7) is 3.47. The molecule has 0 unspecified atom stereocenters. The van der Waals surface area contributed by atoms with Crippen molar-refractivity contribution in [2.45, 2.75) is 13.0 Å². The standard InChI is InChI=1S/C12H16ClN3O2S/c1-8(9-2-3-10(13)19-9)15-6-12(18)16-5-4-14-11(17)7-16/h2-3,8,15H,4-7H2,1H3,(H,14,17)/t8-/m0/s1. The second-order valence-electron chi connectivity index (χ2n) is 4.41. The van der Waals surface area contributed by atoms with E-state index >= 15 is 0 Å². The fraction of sp³-hybridized carbons (Fsp3) is 0.500. The Morgan fingerprint density at radius 3 is 3.05 bits per heavy atom. The average molecular weight is 302 g/mol. The number of thiophene rings is 1. The van der Waals surface area contributed by atoms with E-state index in [9.17, 15) is 9.59 Å². The Balaban J connectivity index is 1.81. The lowest BCUT2D eigenvalue weighted by Crippen LogP contribution is -2.52. The van der Waals surface area contributed by atoms with Gasteiger partial charge in [-0.15, -0.1) is 11.3 Å². The molecule has 0 aliphatic carbocycles. The molecule has 0 radical (unpaired) electrons. The Morgan fingerprint density at radius 2 is 2.42 bits per heavy atom. The number of carbonyl (C=O) groups excluding carboxylic acids is 2. The van der Waals surface area contributed by atoms with Gasteiger partial charge in [-0.25, -0.2) is 0 Å². The molecule has 1 fully saturated rings. The van der Waals surface area contributed by atoms with E-state index in [4.69, 9.17) is 11.6 Å². The molecule has 1 atom stereocenters. The van der Waals surface area contributed by atoms with Gasteiger partial charge in [-0.05, 0) is 19.1 Å². The fourth-order valence-corrected chi connectivity index (χ4v) is 2.95. The number of amides is 2. The number of hydrogen-bond donors (Lipinski definition) is 2. The van der Waals surface area contributed by atoms with Crippen molar-refractivity contribution in [3.05, 3.63) is 21.3 Å². The summed E-state index contributed by atoms with van der Waals surface area (Å²) in [7, 11) is 0. The zero-order chi connectivity index (χ0) is 13.8. The van der Waals surface area contributed by atoms with Gasteiger partial charge in [0, 0.05) is 24.0 Å². The van der Waals surface area contributed by atoms with Crippen LogP contribution in [0.25, 0.3) is 0 Å². The Kier molecular flexibility index (Phi) is 4.79. The van der Waals surface area contributed by atoms with Crippen molar-refractivity contribution >= 4 is 34.8 Å². The first-order chi connectivity index (χ1) is 9.06. The largest absolute Gasteiger partial charge is 0.353 e. The first-order valence-corrected chi connectivity index (χ1v) is 7.29. The molecule has 2 N–H and O–H groups in total. The van der Waals surface area contributed by atoms with Gasteiger partial charge in [-0.1, -0.05) is 11.6 Å². The third-order valence-corrected chi connectivity index (χ3v) is 4.39. The van der Waals surface area contributed by atoms with Gasteiger partial charge in [0.2, 0.25) is 11.8 Å². The summed E-state index contributed by atoms with van der Waals surface area (Å²) in [6, 6.07) is 3.86. The Labute approximate surface area is 120 Å². The van der Waals surface area contributed by atoms with Crippen molar-refractivity contribution in [2.75, 3.05) is 26.2 Å². The van der Waals surface area contributed by atoms with Crippen molar-refractivity contribution in [3.63, 3.8) is 0 Å². The van der Waals surface area contributed by atoms with E-state index in [1.165, 1.54) is 11.3 Å². The van der Waals surface area contributed by atoms with Gasteiger partial charge in [0.1, 0.15) is 0 Å². The van der Waals surface area contributed by atoms with Gasteiger partial charge in [0.05, 0.1) is 17.4 Å². The lowest BCUT2D eigenvalue weighted by atomic mass is 10.2. The predicted molar refractivity (Wildman–Crippen MR) is 75.3 cm³/mol. The normalized spacial score (nSPS) is 17.2. The van der Waals surface area contributed by atoms with E-state index in [2.05, 4.69) is 10.6 Å². The molecule has 0 bridgehead atoms. The molecular weight excluding hydrogens is 286 g/mol. The third kappa shape index (κ3) is 3.92. The van der Waals surface area contributed by atoms with Crippen molar-refractivity contribution in [1.82, 2.24) is 15.5 Å². The summed E-state index contributed by atoms with van der Waals surface area (Å²) in [6.07, 6.45) is 0. The highest BCUT2D eigenvalue weighted by molar-refractivity contribution is 7.16. The van der Waals surface area contributed by atoms with E-state index in [0.717, 1.165) is 9.21 Å². The van der Waals surface area contributed by atoms with Crippen LogP contribution >= 0.6 is 22.9 Å². The van der Waals surface area contributed by atoms with Crippen LogP contribution in [0.2, 0.25) is 4.34 Å². The molecule has 104 valence electrons. The molecule has 0 aromatic carbocycles. The van der Waals surface area contributed by atoms with Crippen LogP contribution in [0, 0.1) is 0 Å². The van der Waals surface area contributed by atoms with Crippen LogP contribution in [0.1, 0.15) is 17.8 Å². The van der Waals surface area contributed by atoms with Crippen LogP contribution in [0.3, 0.4) is 0 Å². The topological polar surface area (TPSA) is 61.4 Å². The summed E-state index contributed by atoms with van der Waals surface area (Å²) in [4.78, 5) is 25.8. The minimum absolute atomic E-state index is 0.0515. The Bertz CT molecular complexity index is 477. The molecule has 2 heterocycles. The fourth-order valence-electron chi connectivity index (χ4n) is 1.87. The van der Waals surface area contributed by atoms with E-state index in [-0.39, 0.29) is 30.9 Å². The van der Waals surface area contributed by atoms with E-state index in [1.54, 1.807) is 4.90 Å². The average Bonchev–Trinajstić information content (AvgIpc) is 2.82. The first-order valence-electron chi connectivity index (χ1n) is 6.09. The zero-order valence-corrected chi connectivity index (χ0v) is 12.2. The molecule has 0 spiro atoms. The molecule has 0 saturated carbocycles. The van der Waals surface area contributed by atoms with E-state index in [1.807, 2.05) is 19.1 Å². The van der Waals surface area contributed by atoms with Crippen molar-refractivity contribution in [1.29, 1.82) is 0 Å². The number of carbonyl (C=O) groups is 2. The Hall–Kier alpha value is -1.11. The van der Waals surface area contributed by atoms with E-state index in [0.29, 0.717) is 13.1 Å². The first kappa shape index (κ1) is 14.3. The van der Waals surface area contributed by atoms with Gasteiger partial charge in [0.15, 0.2) is 0 Å². The summed E-state index contributed by atoms with van der Waals surface area (Å²) >= 11 is 7.37. The summed E-state index contributed by atoms with van der Waals surface area (Å²) in [5, 5.41) is 5.85. The molecule has 5 nitrogen and oxygen atoms in total. The van der Waals surface area contributed by atoms with Crippen LogP contribution in [-0.2, 0) is 9.59 Å². The molecule has 2 rings (SSSR count). The van der Waals surface area contributed by atoms with Gasteiger partial charge in [0.25, 0.3) is 0 Å². The quantitative estimate of drug-likeness (QED) is 0.872. The number of nitrogens with zero attached hydrogens (tertiary/aromatic N) is 1. The van der Waals surface area contributed by atoms with E-state index < -0.39 is 0 Å². The highest BCUT2D eigenvalue weighted by atomic mass is 35.5. The second-order valence-corrected chi connectivity index (χ2v) is 6.16.